The van der Waals surface area contributed by atoms with Crippen LogP contribution >= 0.6 is 0 Å². The van der Waals surface area contributed by atoms with E-state index in [1.54, 1.807) is 0 Å². The van der Waals surface area contributed by atoms with Gasteiger partial charge in [-0.2, -0.15) is 0 Å². The molecule has 0 aromatic carbocycles. The van der Waals surface area contributed by atoms with Crippen molar-refractivity contribution in [2.75, 3.05) is 39.5 Å². The van der Waals surface area contributed by atoms with E-state index in [4.69, 9.17) is 14.9 Å². The van der Waals surface area contributed by atoms with Gasteiger partial charge in [0.1, 0.15) is 6.61 Å². The van der Waals surface area contributed by atoms with Gasteiger partial charge in [0.25, 0.3) is 0 Å². The molecule has 5 heteroatoms. The van der Waals surface area contributed by atoms with Gasteiger partial charge in [-0.05, 0) is 6.42 Å². The van der Waals surface area contributed by atoms with Gasteiger partial charge in [-0.3, -0.25) is 4.79 Å². The lowest BCUT2D eigenvalue weighted by atomic mass is 9.88. The third kappa shape index (κ3) is 4.08. The van der Waals surface area contributed by atoms with E-state index in [1.165, 1.54) is 0 Å². The molecule has 0 atom stereocenters. The average Bonchev–Trinajstić information content (AvgIpc) is 3.13. The van der Waals surface area contributed by atoms with Crippen LogP contribution in [0, 0.1) is 5.41 Å². The summed E-state index contributed by atoms with van der Waals surface area (Å²) in [5.74, 6) is -0.258. The molecule has 0 amide bonds. The van der Waals surface area contributed by atoms with Gasteiger partial charge in [-0.1, -0.05) is 6.92 Å². The Balaban J connectivity index is 2.21. The zero-order valence-corrected chi connectivity index (χ0v) is 9.81. The number of hydrogen-bond acceptors (Lipinski definition) is 5. The van der Waals surface area contributed by atoms with Crippen LogP contribution in [-0.4, -0.2) is 60.5 Å². The zero-order chi connectivity index (χ0) is 12.0. The van der Waals surface area contributed by atoms with Crippen molar-refractivity contribution in [1.29, 1.82) is 0 Å². The normalized spacial score (nSPS) is 16.2. The quantitative estimate of drug-likeness (QED) is 0.440. The number of carbonyl (C=O) groups excluding carboxylic acids is 1. The summed E-state index contributed by atoms with van der Waals surface area (Å²) in [5, 5.41) is 18.3. The van der Waals surface area contributed by atoms with E-state index in [9.17, 15) is 4.79 Å². The highest BCUT2D eigenvalue weighted by molar-refractivity contribution is 5.69. The maximum Gasteiger partial charge on any atom is 0.307 e. The van der Waals surface area contributed by atoms with E-state index >= 15 is 0 Å². The summed E-state index contributed by atoms with van der Waals surface area (Å²) < 4.78 is 5.07. The molecule has 1 aliphatic heterocycles. The molecule has 16 heavy (non-hydrogen) atoms. The van der Waals surface area contributed by atoms with Gasteiger partial charge in [0, 0.05) is 19.6 Å². The minimum atomic E-state index is -0.685. The van der Waals surface area contributed by atoms with Crippen LogP contribution in [0.2, 0.25) is 0 Å². The lowest BCUT2D eigenvalue weighted by Crippen LogP contribution is -2.35. The van der Waals surface area contributed by atoms with Crippen LogP contribution in [0.25, 0.3) is 0 Å². The van der Waals surface area contributed by atoms with Gasteiger partial charge in [0.2, 0.25) is 0 Å². The minimum Gasteiger partial charge on any atom is -0.465 e. The molecule has 0 bridgehead atoms. The first-order chi connectivity index (χ1) is 7.65. The fraction of sp³-hybridized carbons (Fsp3) is 0.909. The molecule has 0 spiro atoms. The van der Waals surface area contributed by atoms with E-state index in [0.29, 0.717) is 12.8 Å². The fourth-order valence-corrected chi connectivity index (χ4v) is 1.32. The van der Waals surface area contributed by atoms with Gasteiger partial charge in [-0.25, -0.2) is 0 Å². The van der Waals surface area contributed by atoms with Crippen molar-refractivity contribution in [2.24, 2.45) is 5.41 Å². The summed E-state index contributed by atoms with van der Waals surface area (Å²) in [6.45, 7) is 4.50. The first-order valence-electron chi connectivity index (χ1n) is 5.75. The lowest BCUT2D eigenvalue weighted by Gasteiger charge is -2.27. The third-order valence-corrected chi connectivity index (χ3v) is 3.13. The highest BCUT2D eigenvalue weighted by Gasteiger charge is 2.28. The standard InChI is InChI=1S/C11H21NO4/c1-2-11(7-13,8-14)9-16-10(15)3-4-12-5-6-12/h13-14H,2-9H2,1H3. The van der Waals surface area contributed by atoms with E-state index in [2.05, 4.69) is 4.90 Å². The van der Waals surface area contributed by atoms with Crippen molar-refractivity contribution in [2.45, 2.75) is 19.8 Å². The summed E-state index contributed by atoms with van der Waals surface area (Å²) in [5.41, 5.74) is -0.685. The summed E-state index contributed by atoms with van der Waals surface area (Å²) in [4.78, 5) is 13.5. The Labute approximate surface area is 96.0 Å². The molecule has 2 N–H and O–H groups in total. The lowest BCUT2D eigenvalue weighted by molar-refractivity contribution is -0.149. The molecular weight excluding hydrogens is 210 g/mol. The number of carbonyl (C=O) groups is 1. The summed E-state index contributed by atoms with van der Waals surface area (Å²) in [7, 11) is 0. The van der Waals surface area contributed by atoms with Crippen molar-refractivity contribution in [1.82, 2.24) is 4.90 Å². The van der Waals surface area contributed by atoms with Gasteiger partial charge in [0.15, 0.2) is 0 Å². The first-order valence-corrected chi connectivity index (χ1v) is 5.75. The number of aliphatic hydroxyl groups excluding tert-OH is 2. The van der Waals surface area contributed by atoms with E-state index in [-0.39, 0.29) is 25.8 Å². The molecule has 0 unspecified atom stereocenters. The maximum atomic E-state index is 11.4. The van der Waals surface area contributed by atoms with Gasteiger partial charge < -0.3 is 19.8 Å². The maximum absolute atomic E-state index is 11.4. The Morgan fingerprint density at radius 3 is 2.44 bits per heavy atom. The van der Waals surface area contributed by atoms with Crippen LogP contribution in [0.5, 0.6) is 0 Å². The van der Waals surface area contributed by atoms with Crippen LogP contribution < -0.4 is 0 Å². The zero-order valence-electron chi connectivity index (χ0n) is 9.81. The monoisotopic (exact) mass is 231 g/mol. The highest BCUT2D eigenvalue weighted by Crippen LogP contribution is 2.21. The van der Waals surface area contributed by atoms with Crippen LogP contribution in [0.15, 0.2) is 0 Å². The van der Waals surface area contributed by atoms with Gasteiger partial charge in [0.05, 0.1) is 25.0 Å². The Bertz CT molecular complexity index is 216. The van der Waals surface area contributed by atoms with Crippen molar-refractivity contribution in [3.8, 4) is 0 Å². The second kappa shape index (κ2) is 6.18. The third-order valence-electron chi connectivity index (χ3n) is 3.13. The van der Waals surface area contributed by atoms with E-state index in [1.807, 2.05) is 6.92 Å². The fourth-order valence-electron chi connectivity index (χ4n) is 1.32. The predicted octanol–water partition coefficient (Wildman–Crippen LogP) is -0.384. The second-order valence-electron chi connectivity index (χ2n) is 4.42. The molecule has 0 aromatic rings. The summed E-state index contributed by atoms with van der Waals surface area (Å²) in [6.07, 6.45) is 0.968. The second-order valence-corrected chi connectivity index (χ2v) is 4.42. The van der Waals surface area contributed by atoms with Crippen LogP contribution in [0.3, 0.4) is 0 Å². The first kappa shape index (κ1) is 13.4. The van der Waals surface area contributed by atoms with Crippen LogP contribution in [0.4, 0.5) is 0 Å². The smallest absolute Gasteiger partial charge is 0.307 e. The Kier molecular flexibility index (Phi) is 5.18. The molecule has 5 nitrogen and oxygen atoms in total. The number of aliphatic hydroxyl groups is 2. The number of nitrogens with zero attached hydrogens (tertiary/aromatic N) is 1. The minimum absolute atomic E-state index is 0.0926. The SMILES string of the molecule is CCC(CO)(CO)COC(=O)CCN1CC1. The molecule has 0 aromatic heterocycles. The molecule has 0 aliphatic carbocycles. The largest absolute Gasteiger partial charge is 0.465 e. The molecule has 1 aliphatic rings. The van der Waals surface area contributed by atoms with Crippen molar-refractivity contribution in [3.05, 3.63) is 0 Å². The Morgan fingerprint density at radius 2 is 2.00 bits per heavy atom. The molecule has 0 saturated carbocycles. The highest BCUT2D eigenvalue weighted by atomic mass is 16.5. The number of rotatable bonds is 8. The van der Waals surface area contributed by atoms with Crippen molar-refractivity contribution < 1.29 is 19.7 Å². The van der Waals surface area contributed by atoms with Crippen molar-refractivity contribution in [3.63, 3.8) is 0 Å². The predicted molar refractivity (Wildman–Crippen MR) is 58.9 cm³/mol. The van der Waals surface area contributed by atoms with Gasteiger partial charge in [-0.15, -0.1) is 0 Å². The van der Waals surface area contributed by atoms with Gasteiger partial charge >= 0.3 is 5.97 Å². The Morgan fingerprint density at radius 1 is 1.38 bits per heavy atom. The van der Waals surface area contributed by atoms with E-state index < -0.39 is 5.41 Å². The molecule has 94 valence electrons. The number of esters is 1. The van der Waals surface area contributed by atoms with E-state index in [0.717, 1.165) is 19.6 Å². The topological polar surface area (TPSA) is 69.8 Å². The van der Waals surface area contributed by atoms with Crippen molar-refractivity contribution >= 4 is 5.97 Å². The molecule has 1 rings (SSSR count). The number of ether oxygens (including phenoxy) is 1. The molecule has 1 heterocycles. The summed E-state index contributed by atoms with van der Waals surface area (Å²) >= 11 is 0. The average molecular weight is 231 g/mol. The number of hydrogen-bond donors (Lipinski definition) is 2. The molecule has 1 saturated heterocycles. The van der Waals surface area contributed by atoms with Crippen LogP contribution in [-0.2, 0) is 9.53 Å². The molecule has 0 radical (unpaired) electrons. The Hall–Kier alpha value is -0.650. The van der Waals surface area contributed by atoms with Crippen LogP contribution in [0.1, 0.15) is 19.8 Å². The summed E-state index contributed by atoms with van der Waals surface area (Å²) in [6, 6.07) is 0. The molecule has 1 fully saturated rings. The molecular formula is C11H21NO4.